The molecule has 1 aromatic carbocycles. The van der Waals surface area contributed by atoms with E-state index in [1.165, 1.54) is 14.2 Å². The topological polar surface area (TPSA) is 63.2 Å². The number of hydrogen-bond donors (Lipinski definition) is 0. The molecule has 0 bridgehead atoms. The van der Waals surface area contributed by atoms with Crippen LogP contribution in [-0.4, -0.2) is 39.4 Å². The Kier molecular flexibility index (Phi) is 4.27. The fraction of sp³-hybridized carbons (Fsp3) is 0.500. The molecule has 110 valence electrons. The van der Waals surface area contributed by atoms with Gasteiger partial charge < -0.3 is 23.7 Å². The van der Waals surface area contributed by atoms with Crippen LogP contribution in [0.5, 0.6) is 5.75 Å². The van der Waals surface area contributed by atoms with Crippen LogP contribution in [0.2, 0.25) is 0 Å². The summed E-state index contributed by atoms with van der Waals surface area (Å²) >= 11 is 0. The molecule has 1 aliphatic heterocycles. The van der Waals surface area contributed by atoms with E-state index in [-0.39, 0.29) is 0 Å². The van der Waals surface area contributed by atoms with Gasteiger partial charge in [0.15, 0.2) is 6.10 Å². The van der Waals surface area contributed by atoms with Crippen molar-refractivity contribution in [3.8, 4) is 5.75 Å². The molecule has 1 aromatic rings. The molecule has 6 nitrogen and oxygen atoms in total. The molecule has 2 rings (SSSR count). The lowest BCUT2D eigenvalue weighted by atomic mass is 10.0. The molecule has 0 amide bonds. The number of ether oxygens (including phenoxy) is 5. The molecule has 20 heavy (non-hydrogen) atoms. The van der Waals surface area contributed by atoms with Gasteiger partial charge in [-0.25, -0.2) is 4.79 Å². The molecule has 1 saturated heterocycles. The number of esters is 1. The van der Waals surface area contributed by atoms with E-state index in [2.05, 4.69) is 0 Å². The third-order valence-corrected chi connectivity index (χ3v) is 3.21. The Bertz CT molecular complexity index is 471. The maximum Gasteiger partial charge on any atom is 0.338 e. The van der Waals surface area contributed by atoms with Gasteiger partial charge in [0.2, 0.25) is 0 Å². The first-order valence-electron chi connectivity index (χ1n) is 6.15. The third-order valence-electron chi connectivity index (χ3n) is 3.21. The monoisotopic (exact) mass is 282 g/mol. The number of rotatable bonds is 4. The van der Waals surface area contributed by atoms with Gasteiger partial charge in [0, 0.05) is 14.0 Å². The Balaban J connectivity index is 2.28. The Morgan fingerprint density at radius 3 is 2.30 bits per heavy atom. The van der Waals surface area contributed by atoms with Crippen LogP contribution in [0, 0.1) is 0 Å². The van der Waals surface area contributed by atoms with Crippen LogP contribution in [0.4, 0.5) is 0 Å². The predicted octanol–water partition coefficient (Wildman–Crippen LogP) is 1.64. The van der Waals surface area contributed by atoms with Gasteiger partial charge in [-0.05, 0) is 17.7 Å². The molecular formula is C14H18O6. The summed E-state index contributed by atoms with van der Waals surface area (Å²) in [5, 5.41) is 0. The van der Waals surface area contributed by atoms with Crippen LogP contribution in [0.25, 0.3) is 0 Å². The Hall–Kier alpha value is -1.63. The van der Waals surface area contributed by atoms with Gasteiger partial charge in [-0.3, -0.25) is 0 Å². The second-order valence-corrected chi connectivity index (χ2v) is 4.44. The van der Waals surface area contributed by atoms with Gasteiger partial charge in [-0.2, -0.15) is 0 Å². The molecule has 1 aliphatic rings. The van der Waals surface area contributed by atoms with Crippen molar-refractivity contribution >= 4 is 5.97 Å². The van der Waals surface area contributed by atoms with Crippen molar-refractivity contribution in [1.82, 2.24) is 0 Å². The second kappa shape index (κ2) is 5.78. The fourth-order valence-electron chi connectivity index (χ4n) is 2.03. The lowest BCUT2D eigenvalue weighted by molar-refractivity contribution is -0.318. The maximum absolute atomic E-state index is 11.8. The minimum Gasteiger partial charge on any atom is -0.497 e. The predicted molar refractivity (Wildman–Crippen MR) is 69.1 cm³/mol. The third kappa shape index (κ3) is 2.77. The minimum absolute atomic E-state index is 0.508. The van der Waals surface area contributed by atoms with Gasteiger partial charge in [-0.15, -0.1) is 0 Å². The summed E-state index contributed by atoms with van der Waals surface area (Å²) in [7, 11) is 4.34. The van der Waals surface area contributed by atoms with Crippen molar-refractivity contribution in [1.29, 1.82) is 0 Å². The second-order valence-electron chi connectivity index (χ2n) is 4.44. The summed E-state index contributed by atoms with van der Waals surface area (Å²) < 4.78 is 26.2. The average molecular weight is 282 g/mol. The van der Waals surface area contributed by atoms with E-state index in [1.54, 1.807) is 26.2 Å². The van der Waals surface area contributed by atoms with Crippen molar-refractivity contribution in [2.45, 2.75) is 25.1 Å². The molecule has 0 aliphatic carbocycles. The van der Waals surface area contributed by atoms with Crippen LogP contribution in [0.15, 0.2) is 24.3 Å². The molecular weight excluding hydrogens is 264 g/mol. The van der Waals surface area contributed by atoms with Crippen LogP contribution in [-0.2, 0) is 23.7 Å². The molecule has 1 heterocycles. The summed E-state index contributed by atoms with van der Waals surface area (Å²) in [4.78, 5) is 11.8. The van der Waals surface area contributed by atoms with Crippen LogP contribution >= 0.6 is 0 Å². The molecule has 3 unspecified atom stereocenters. The lowest BCUT2D eigenvalue weighted by Crippen LogP contribution is -2.31. The zero-order valence-corrected chi connectivity index (χ0v) is 11.9. The Labute approximate surface area is 117 Å². The van der Waals surface area contributed by atoms with Gasteiger partial charge in [-0.1, -0.05) is 12.1 Å². The van der Waals surface area contributed by atoms with E-state index in [1.807, 2.05) is 12.1 Å². The number of hydrogen-bond acceptors (Lipinski definition) is 6. The smallest absolute Gasteiger partial charge is 0.338 e. The first-order valence-corrected chi connectivity index (χ1v) is 6.15. The minimum atomic E-state index is -1.27. The van der Waals surface area contributed by atoms with E-state index in [9.17, 15) is 4.79 Å². The van der Waals surface area contributed by atoms with Gasteiger partial charge in [0.25, 0.3) is 5.97 Å². The zero-order valence-electron chi connectivity index (χ0n) is 11.9. The summed E-state index contributed by atoms with van der Waals surface area (Å²) in [6.45, 7) is 1.60. The van der Waals surface area contributed by atoms with Crippen molar-refractivity contribution in [3.05, 3.63) is 29.8 Å². The highest BCUT2D eigenvalue weighted by molar-refractivity contribution is 5.76. The fourth-order valence-corrected chi connectivity index (χ4v) is 2.03. The highest BCUT2D eigenvalue weighted by atomic mass is 16.9. The molecule has 3 atom stereocenters. The molecule has 0 spiro atoms. The van der Waals surface area contributed by atoms with E-state index >= 15 is 0 Å². The highest BCUT2D eigenvalue weighted by Crippen LogP contribution is 2.39. The molecule has 0 N–H and O–H groups in total. The van der Waals surface area contributed by atoms with Crippen LogP contribution in [0.3, 0.4) is 0 Å². The van der Waals surface area contributed by atoms with E-state index in [4.69, 9.17) is 23.7 Å². The van der Waals surface area contributed by atoms with Crippen molar-refractivity contribution in [2.75, 3.05) is 21.3 Å². The Morgan fingerprint density at radius 2 is 1.80 bits per heavy atom. The quantitative estimate of drug-likeness (QED) is 0.782. The standard InChI is InChI=1S/C14H18O6/c1-14(18-4)19-11(12(20-14)13(15)17-3)9-5-7-10(16-2)8-6-9/h5-8,11-12H,1-4H3. The van der Waals surface area contributed by atoms with Gasteiger partial charge >= 0.3 is 5.97 Å². The van der Waals surface area contributed by atoms with Gasteiger partial charge in [0.1, 0.15) is 11.9 Å². The van der Waals surface area contributed by atoms with Crippen molar-refractivity contribution in [3.63, 3.8) is 0 Å². The number of methoxy groups -OCH3 is 3. The van der Waals surface area contributed by atoms with Crippen LogP contribution in [0.1, 0.15) is 18.6 Å². The number of benzene rings is 1. The van der Waals surface area contributed by atoms with E-state index in [0.29, 0.717) is 0 Å². The maximum atomic E-state index is 11.8. The zero-order chi connectivity index (χ0) is 14.8. The van der Waals surface area contributed by atoms with Crippen molar-refractivity contribution < 1.29 is 28.5 Å². The highest BCUT2D eigenvalue weighted by Gasteiger charge is 2.49. The molecule has 1 fully saturated rings. The summed E-state index contributed by atoms with van der Waals surface area (Å²) in [6.07, 6.45) is -1.48. The summed E-state index contributed by atoms with van der Waals surface area (Å²) in [5.74, 6) is -1.06. The Morgan fingerprint density at radius 1 is 1.15 bits per heavy atom. The molecule has 0 radical (unpaired) electrons. The molecule has 0 aromatic heterocycles. The van der Waals surface area contributed by atoms with Crippen LogP contribution < -0.4 is 4.74 Å². The SMILES string of the molecule is COC(=O)C1OC(C)(OC)OC1c1ccc(OC)cc1. The normalized spacial score (nSPS) is 29.2. The molecule has 0 saturated carbocycles. The largest absolute Gasteiger partial charge is 0.497 e. The summed E-state index contributed by atoms with van der Waals surface area (Å²) in [5.41, 5.74) is 0.780. The van der Waals surface area contributed by atoms with E-state index in [0.717, 1.165) is 11.3 Å². The van der Waals surface area contributed by atoms with E-state index < -0.39 is 24.2 Å². The number of carbonyl (C=O) groups excluding carboxylic acids is 1. The van der Waals surface area contributed by atoms with Crippen molar-refractivity contribution in [2.24, 2.45) is 0 Å². The number of carbonyl (C=O) groups is 1. The summed E-state index contributed by atoms with van der Waals surface area (Å²) in [6, 6.07) is 7.19. The lowest BCUT2D eigenvalue weighted by Gasteiger charge is -2.20. The average Bonchev–Trinajstić information content (AvgIpc) is 2.85. The first-order chi connectivity index (χ1) is 9.53. The van der Waals surface area contributed by atoms with Gasteiger partial charge in [0.05, 0.1) is 14.2 Å². The molecule has 6 heteroatoms. The first kappa shape index (κ1) is 14.8.